The summed E-state index contributed by atoms with van der Waals surface area (Å²) in [5.41, 5.74) is 7.74. The number of halogens is 2. The predicted molar refractivity (Wildman–Crippen MR) is 75.2 cm³/mol. The maximum atomic E-state index is 12.0. The van der Waals surface area contributed by atoms with Gasteiger partial charge in [0, 0.05) is 32.5 Å². The van der Waals surface area contributed by atoms with Crippen molar-refractivity contribution in [3.63, 3.8) is 0 Å². The van der Waals surface area contributed by atoms with Crippen molar-refractivity contribution >= 4 is 55.9 Å². The molecule has 1 aromatic rings. The Kier molecular flexibility index (Phi) is 3.81. The van der Waals surface area contributed by atoms with Crippen LogP contribution < -0.4 is 0 Å². The van der Waals surface area contributed by atoms with Crippen LogP contribution in [0.4, 0.5) is 0 Å². The van der Waals surface area contributed by atoms with Crippen LogP contribution >= 0.6 is 21.4 Å². The smallest absolute Gasteiger partial charge is 0.361 e. The second kappa shape index (κ2) is 5.04. The van der Waals surface area contributed by atoms with Gasteiger partial charge < -0.3 is 5.53 Å². The van der Waals surface area contributed by atoms with Gasteiger partial charge in [0.15, 0.2) is 0 Å². The van der Waals surface area contributed by atoms with E-state index in [1.807, 2.05) is 0 Å². The quantitative estimate of drug-likeness (QED) is 0.444. The summed E-state index contributed by atoms with van der Waals surface area (Å²) in [6, 6.07) is 3.01. The fourth-order valence-electron chi connectivity index (χ4n) is 1.76. The van der Waals surface area contributed by atoms with Gasteiger partial charge in [0.1, 0.15) is 0 Å². The van der Waals surface area contributed by atoms with E-state index < -0.39 is 39.4 Å². The average molecular weight is 367 g/mol. The van der Waals surface area contributed by atoms with Crippen LogP contribution in [-0.2, 0) is 18.1 Å². The summed E-state index contributed by atoms with van der Waals surface area (Å²) in [5.74, 6) is -0.862. The maximum absolute atomic E-state index is 12.0. The second-order valence-corrected chi connectivity index (χ2v) is 9.01. The summed E-state index contributed by atoms with van der Waals surface area (Å²) in [6.07, 6.45) is 0.794. The Morgan fingerprint density at radius 1 is 1.00 bits per heavy atom. The van der Waals surface area contributed by atoms with Gasteiger partial charge in [-0.15, -0.1) is 0 Å². The van der Waals surface area contributed by atoms with Gasteiger partial charge in [-0.1, -0.05) is 6.07 Å². The number of carbonyl (C=O) groups excluding carboxylic acids is 1. The standard InChI is InChI=1S/C10H4Cl2N2O5S2/c11-20(16,17)5-1-2-6-7(3-5)10(15)8(14-13)4-9(6)21(12,18)19/h1-4H. The number of fused-ring (bicyclic) bond motifs is 1. The van der Waals surface area contributed by atoms with E-state index >= 15 is 0 Å². The third kappa shape index (κ3) is 2.92. The molecule has 110 valence electrons. The average Bonchev–Trinajstić information content (AvgIpc) is 2.36. The Morgan fingerprint density at radius 3 is 2.10 bits per heavy atom. The Morgan fingerprint density at radius 2 is 1.62 bits per heavy atom. The molecule has 0 aliphatic heterocycles. The topological polar surface area (TPSA) is 122 Å². The van der Waals surface area contributed by atoms with Crippen LogP contribution in [0.15, 0.2) is 29.2 Å². The van der Waals surface area contributed by atoms with Crippen molar-refractivity contribution in [3.8, 4) is 0 Å². The lowest BCUT2D eigenvalue weighted by Crippen LogP contribution is -2.21. The molecule has 0 fully saturated rings. The molecular formula is C10H4Cl2N2O5S2. The fourth-order valence-corrected chi connectivity index (χ4v) is 3.61. The molecule has 0 saturated heterocycles. The minimum absolute atomic E-state index is 0.105. The molecule has 1 aliphatic carbocycles. The van der Waals surface area contributed by atoms with Gasteiger partial charge in [-0.3, -0.25) is 4.79 Å². The van der Waals surface area contributed by atoms with Gasteiger partial charge in [0.05, 0.1) is 15.9 Å². The molecule has 0 amide bonds. The molecule has 0 aromatic heterocycles. The van der Waals surface area contributed by atoms with Crippen LogP contribution in [0, 0.1) is 0 Å². The number of hydrogen-bond acceptors (Lipinski definition) is 5. The zero-order chi connectivity index (χ0) is 16.0. The molecule has 0 bridgehead atoms. The highest BCUT2D eigenvalue weighted by molar-refractivity contribution is 8.21. The van der Waals surface area contributed by atoms with Crippen molar-refractivity contribution in [3.05, 3.63) is 40.9 Å². The van der Waals surface area contributed by atoms with Crippen LogP contribution in [0.5, 0.6) is 0 Å². The van der Waals surface area contributed by atoms with Crippen molar-refractivity contribution in [2.24, 2.45) is 0 Å². The number of benzene rings is 1. The minimum Gasteiger partial charge on any atom is -0.361 e. The first-order valence-corrected chi connectivity index (χ1v) is 9.70. The number of Topliss-reactive ketones (excluding diaryl/α,β-unsaturated/α-hetero) is 1. The van der Waals surface area contributed by atoms with E-state index in [1.165, 1.54) is 0 Å². The molecule has 0 saturated carbocycles. The van der Waals surface area contributed by atoms with Crippen LogP contribution in [-0.4, -0.2) is 33.1 Å². The first-order chi connectivity index (χ1) is 9.55. The van der Waals surface area contributed by atoms with Gasteiger partial charge >= 0.3 is 5.71 Å². The van der Waals surface area contributed by atoms with E-state index in [1.54, 1.807) is 0 Å². The molecule has 21 heavy (non-hydrogen) atoms. The molecule has 7 nitrogen and oxygen atoms in total. The van der Waals surface area contributed by atoms with Gasteiger partial charge in [0.2, 0.25) is 0 Å². The van der Waals surface area contributed by atoms with Crippen molar-refractivity contribution < 1.29 is 26.4 Å². The highest BCUT2D eigenvalue weighted by Crippen LogP contribution is 2.33. The first kappa shape index (κ1) is 15.9. The molecule has 0 radical (unpaired) electrons. The molecular weight excluding hydrogens is 363 g/mol. The molecule has 0 spiro atoms. The number of nitrogens with zero attached hydrogens (tertiary/aromatic N) is 2. The number of rotatable bonds is 2. The summed E-state index contributed by atoms with van der Waals surface area (Å²) in [7, 11) is 2.05. The largest absolute Gasteiger partial charge is 0.364 e. The second-order valence-electron chi connectivity index (χ2n) is 3.91. The Hall–Kier alpha value is -1.51. The molecule has 0 heterocycles. The zero-order valence-corrected chi connectivity index (χ0v) is 13.0. The number of hydrogen-bond donors (Lipinski definition) is 0. The van der Waals surface area contributed by atoms with E-state index in [-0.39, 0.29) is 11.1 Å². The van der Waals surface area contributed by atoms with E-state index in [0.29, 0.717) is 0 Å². The Bertz CT molecular complexity index is 957. The summed E-state index contributed by atoms with van der Waals surface area (Å²) >= 11 is 0. The number of allylic oxidation sites excluding steroid dienone is 1. The lowest BCUT2D eigenvalue weighted by Gasteiger charge is -2.13. The van der Waals surface area contributed by atoms with Crippen LogP contribution in [0.3, 0.4) is 0 Å². The molecule has 0 atom stereocenters. The molecule has 0 N–H and O–H groups in total. The number of ketones is 1. The third-order valence-electron chi connectivity index (χ3n) is 2.65. The summed E-state index contributed by atoms with van der Waals surface area (Å²) in [6.45, 7) is 0. The SMILES string of the molecule is [N-]=[N+]=C1C=C(S(=O)(=O)Cl)c2ccc(S(=O)(=O)Cl)cc2C1=O. The molecule has 0 unspecified atom stereocenters. The molecule has 1 aliphatic rings. The molecule has 11 heteroatoms. The maximum Gasteiger partial charge on any atom is 0.364 e. The summed E-state index contributed by atoms with van der Waals surface area (Å²) in [4.78, 5) is 13.8. The monoisotopic (exact) mass is 366 g/mol. The predicted octanol–water partition coefficient (Wildman–Crippen LogP) is 1.39. The van der Waals surface area contributed by atoms with Crippen LogP contribution in [0.1, 0.15) is 15.9 Å². The van der Waals surface area contributed by atoms with Gasteiger partial charge in [-0.2, -0.15) is 4.79 Å². The van der Waals surface area contributed by atoms with Gasteiger partial charge in [-0.25, -0.2) is 16.8 Å². The van der Waals surface area contributed by atoms with Gasteiger partial charge in [0.25, 0.3) is 23.9 Å². The normalized spacial score (nSPS) is 15.2. The minimum atomic E-state index is -4.25. The lowest BCUT2D eigenvalue weighted by atomic mass is 9.95. The molecule has 1 aromatic carbocycles. The Labute approximate surface area is 128 Å². The molecule has 2 rings (SSSR count). The number of carbonyl (C=O) groups is 1. The lowest BCUT2D eigenvalue weighted by molar-refractivity contribution is -0.00437. The third-order valence-corrected chi connectivity index (χ3v) is 5.37. The van der Waals surface area contributed by atoms with Crippen LogP contribution in [0.25, 0.3) is 10.4 Å². The van der Waals surface area contributed by atoms with Crippen molar-refractivity contribution in [2.45, 2.75) is 4.90 Å². The highest BCUT2D eigenvalue weighted by Gasteiger charge is 2.35. The Balaban J connectivity index is 2.88. The van der Waals surface area contributed by atoms with Crippen molar-refractivity contribution in [2.75, 3.05) is 0 Å². The fraction of sp³-hybridized carbons (Fsp3) is 0. The van der Waals surface area contributed by atoms with Crippen LogP contribution in [0.2, 0.25) is 0 Å². The van der Waals surface area contributed by atoms with Crippen molar-refractivity contribution in [1.82, 2.24) is 0 Å². The van der Waals surface area contributed by atoms with Crippen molar-refractivity contribution in [1.29, 1.82) is 0 Å². The highest BCUT2D eigenvalue weighted by atomic mass is 35.7. The van der Waals surface area contributed by atoms with E-state index in [9.17, 15) is 21.6 Å². The first-order valence-electron chi connectivity index (χ1n) is 5.08. The zero-order valence-electron chi connectivity index (χ0n) is 9.82. The van der Waals surface area contributed by atoms with E-state index in [4.69, 9.17) is 26.9 Å². The van der Waals surface area contributed by atoms with Gasteiger partial charge in [-0.05, 0) is 12.1 Å². The van der Waals surface area contributed by atoms with E-state index in [0.717, 1.165) is 24.3 Å². The summed E-state index contributed by atoms with van der Waals surface area (Å²) in [5, 5.41) is 0. The van der Waals surface area contributed by atoms with E-state index in [2.05, 4.69) is 4.79 Å². The summed E-state index contributed by atoms with van der Waals surface area (Å²) < 4.78 is 45.5.